The number of hydrogen-bond acceptors (Lipinski definition) is 0. The van der Waals surface area contributed by atoms with E-state index >= 15 is 0 Å². The van der Waals surface area contributed by atoms with Crippen LogP contribution in [0.15, 0.2) is 0 Å². The number of rotatable bonds is 5. The van der Waals surface area contributed by atoms with Crippen molar-refractivity contribution in [2.24, 2.45) is 0 Å². The molecule has 2 heteroatoms. The van der Waals surface area contributed by atoms with E-state index in [9.17, 15) is 0 Å². The van der Waals surface area contributed by atoms with Crippen molar-refractivity contribution < 1.29 is 0 Å². The highest BCUT2D eigenvalue weighted by atomic mass is 79.9. The molecule has 0 aromatic rings. The van der Waals surface area contributed by atoms with Crippen molar-refractivity contribution in [3.63, 3.8) is 0 Å². The lowest BCUT2D eigenvalue weighted by molar-refractivity contribution is 0.680. The van der Waals surface area contributed by atoms with Crippen LogP contribution in [0.4, 0.5) is 0 Å². The lowest BCUT2D eigenvalue weighted by atomic mass is 10.2. The molecule has 56 valence electrons. The van der Waals surface area contributed by atoms with Crippen LogP contribution in [0.2, 0.25) is 0 Å². The number of unbranched alkanes of at least 4 members (excludes halogenated alkanes) is 1. The van der Waals surface area contributed by atoms with Gasteiger partial charge in [0.25, 0.3) is 0 Å². The normalized spacial score (nSPS) is 13.7. The van der Waals surface area contributed by atoms with Gasteiger partial charge in [-0.2, -0.15) is 0 Å². The predicted molar refractivity (Wildman–Crippen MR) is 47.6 cm³/mol. The zero-order valence-corrected chi connectivity index (χ0v) is 8.21. The van der Waals surface area contributed by atoms with Gasteiger partial charge >= 0.3 is 0 Å². The van der Waals surface area contributed by atoms with Crippen LogP contribution in [0, 0.1) is 0 Å². The number of halogens is 2. The largest absolute Gasteiger partial charge is 0.127 e. The summed E-state index contributed by atoms with van der Waals surface area (Å²) in [5, 5.41) is 0. The summed E-state index contributed by atoms with van der Waals surface area (Å²) in [4.78, 5) is 0.709. The average molecular weight is 214 g/mol. The molecule has 0 spiro atoms. The van der Waals surface area contributed by atoms with E-state index in [4.69, 9.17) is 11.6 Å². The maximum Gasteiger partial charge on any atom is 0.0223 e. The molecule has 0 aliphatic heterocycles. The first-order chi connectivity index (χ1) is 4.31. The first-order valence-corrected chi connectivity index (χ1v) is 4.96. The Kier molecular flexibility index (Phi) is 7.47. The minimum absolute atomic E-state index is 0.709. The standard InChI is InChI=1S/C7H14BrCl/c1-2-7(8)5-3-4-6-9/h7H,2-6H2,1H3. The summed E-state index contributed by atoms with van der Waals surface area (Å²) in [6.45, 7) is 2.19. The molecular formula is C7H14BrCl. The maximum absolute atomic E-state index is 5.51. The van der Waals surface area contributed by atoms with E-state index in [1.165, 1.54) is 19.3 Å². The molecule has 0 nitrogen and oxygen atoms in total. The summed E-state index contributed by atoms with van der Waals surface area (Å²) in [5.41, 5.74) is 0. The topological polar surface area (TPSA) is 0 Å². The third-order valence-electron chi connectivity index (χ3n) is 1.34. The van der Waals surface area contributed by atoms with Crippen LogP contribution < -0.4 is 0 Å². The molecule has 0 aliphatic carbocycles. The zero-order chi connectivity index (χ0) is 7.11. The molecule has 0 aliphatic rings. The van der Waals surface area contributed by atoms with E-state index < -0.39 is 0 Å². The molecule has 0 heterocycles. The third kappa shape index (κ3) is 6.66. The molecule has 0 aromatic heterocycles. The van der Waals surface area contributed by atoms with Crippen LogP contribution in [-0.4, -0.2) is 10.7 Å². The summed E-state index contributed by atoms with van der Waals surface area (Å²) < 4.78 is 0. The van der Waals surface area contributed by atoms with E-state index in [-0.39, 0.29) is 0 Å². The second-order valence-corrected chi connectivity index (χ2v) is 3.86. The highest BCUT2D eigenvalue weighted by molar-refractivity contribution is 9.09. The van der Waals surface area contributed by atoms with Gasteiger partial charge in [-0.05, 0) is 19.3 Å². The Balaban J connectivity index is 2.88. The maximum atomic E-state index is 5.51. The van der Waals surface area contributed by atoms with Gasteiger partial charge in [0.05, 0.1) is 0 Å². The molecule has 0 N–H and O–H groups in total. The van der Waals surface area contributed by atoms with Crippen LogP contribution in [0.3, 0.4) is 0 Å². The Hall–Kier alpha value is 0.770. The van der Waals surface area contributed by atoms with Gasteiger partial charge in [-0.3, -0.25) is 0 Å². The first-order valence-electron chi connectivity index (χ1n) is 3.51. The fourth-order valence-electron chi connectivity index (χ4n) is 0.664. The summed E-state index contributed by atoms with van der Waals surface area (Å²) in [7, 11) is 0. The Morgan fingerprint density at radius 1 is 1.44 bits per heavy atom. The van der Waals surface area contributed by atoms with Gasteiger partial charge in [-0.1, -0.05) is 29.3 Å². The molecule has 0 aromatic carbocycles. The fourth-order valence-corrected chi connectivity index (χ4v) is 1.18. The van der Waals surface area contributed by atoms with Gasteiger partial charge in [0.2, 0.25) is 0 Å². The molecule has 0 fully saturated rings. The van der Waals surface area contributed by atoms with Gasteiger partial charge in [0.1, 0.15) is 0 Å². The Labute approximate surface area is 71.1 Å². The molecule has 1 atom stereocenters. The molecule has 0 amide bonds. The monoisotopic (exact) mass is 212 g/mol. The van der Waals surface area contributed by atoms with E-state index in [2.05, 4.69) is 22.9 Å². The van der Waals surface area contributed by atoms with Crippen molar-refractivity contribution >= 4 is 27.5 Å². The SMILES string of the molecule is CCC(Br)CCCCCl. The molecule has 0 bridgehead atoms. The second-order valence-electron chi connectivity index (χ2n) is 2.19. The average Bonchev–Trinajstić information content (AvgIpc) is 1.89. The van der Waals surface area contributed by atoms with Crippen LogP contribution in [0.25, 0.3) is 0 Å². The van der Waals surface area contributed by atoms with Crippen LogP contribution in [0.1, 0.15) is 32.6 Å². The smallest absolute Gasteiger partial charge is 0.0223 e. The van der Waals surface area contributed by atoms with Crippen molar-refractivity contribution in [2.45, 2.75) is 37.4 Å². The molecule has 0 saturated heterocycles. The van der Waals surface area contributed by atoms with Gasteiger partial charge in [-0.15, -0.1) is 11.6 Å². The van der Waals surface area contributed by atoms with Gasteiger partial charge in [0.15, 0.2) is 0 Å². The Morgan fingerprint density at radius 2 is 2.11 bits per heavy atom. The van der Waals surface area contributed by atoms with Crippen molar-refractivity contribution in [2.75, 3.05) is 5.88 Å². The molecular weight excluding hydrogens is 199 g/mol. The minimum atomic E-state index is 0.709. The third-order valence-corrected chi connectivity index (χ3v) is 2.72. The fraction of sp³-hybridized carbons (Fsp3) is 1.00. The van der Waals surface area contributed by atoms with E-state index in [0.29, 0.717) is 4.83 Å². The van der Waals surface area contributed by atoms with Crippen molar-refractivity contribution in [1.29, 1.82) is 0 Å². The lowest BCUT2D eigenvalue weighted by Gasteiger charge is -2.03. The quantitative estimate of drug-likeness (QED) is 0.484. The molecule has 1 unspecified atom stereocenters. The van der Waals surface area contributed by atoms with Gasteiger partial charge in [0, 0.05) is 10.7 Å². The Bertz CT molecular complexity index is 56.9. The highest BCUT2D eigenvalue weighted by Gasteiger charge is 1.98. The Morgan fingerprint density at radius 3 is 2.56 bits per heavy atom. The summed E-state index contributed by atoms with van der Waals surface area (Å²) in [6.07, 6.45) is 4.91. The first kappa shape index (κ1) is 9.77. The molecule has 0 radical (unpaired) electrons. The van der Waals surface area contributed by atoms with Gasteiger partial charge in [-0.25, -0.2) is 0 Å². The molecule has 9 heavy (non-hydrogen) atoms. The predicted octanol–water partition coefficient (Wildman–Crippen LogP) is 3.57. The van der Waals surface area contributed by atoms with Crippen molar-refractivity contribution in [3.8, 4) is 0 Å². The number of alkyl halides is 2. The number of hydrogen-bond donors (Lipinski definition) is 0. The van der Waals surface area contributed by atoms with E-state index in [1.54, 1.807) is 0 Å². The van der Waals surface area contributed by atoms with E-state index in [1.807, 2.05) is 0 Å². The summed E-state index contributed by atoms with van der Waals surface area (Å²) in [5.74, 6) is 0.809. The van der Waals surface area contributed by atoms with Crippen molar-refractivity contribution in [3.05, 3.63) is 0 Å². The summed E-state index contributed by atoms with van der Waals surface area (Å²) in [6, 6.07) is 0. The molecule has 0 rings (SSSR count). The van der Waals surface area contributed by atoms with Gasteiger partial charge < -0.3 is 0 Å². The lowest BCUT2D eigenvalue weighted by Crippen LogP contribution is -1.94. The van der Waals surface area contributed by atoms with Crippen LogP contribution >= 0.6 is 27.5 Å². The second kappa shape index (κ2) is 6.88. The van der Waals surface area contributed by atoms with Crippen LogP contribution in [-0.2, 0) is 0 Å². The molecule has 0 saturated carbocycles. The van der Waals surface area contributed by atoms with Crippen LogP contribution in [0.5, 0.6) is 0 Å². The summed E-state index contributed by atoms with van der Waals surface area (Å²) >= 11 is 9.08. The highest BCUT2D eigenvalue weighted by Crippen LogP contribution is 2.12. The zero-order valence-electron chi connectivity index (χ0n) is 5.87. The van der Waals surface area contributed by atoms with Crippen molar-refractivity contribution in [1.82, 2.24) is 0 Å². The minimum Gasteiger partial charge on any atom is -0.127 e. The van der Waals surface area contributed by atoms with E-state index in [0.717, 1.165) is 12.3 Å².